The molecule has 0 N–H and O–H groups in total. The normalized spacial score (nSPS) is 16.5. The van der Waals surface area contributed by atoms with Gasteiger partial charge in [-0.2, -0.15) is 52.7 Å². The lowest BCUT2D eigenvalue weighted by Crippen LogP contribution is -2.60. The van der Waals surface area contributed by atoms with Crippen LogP contribution >= 0.6 is 0 Å². The molecule has 0 aromatic heterocycles. The summed E-state index contributed by atoms with van der Waals surface area (Å²) in [4.78, 5) is 0. The lowest BCUT2D eigenvalue weighted by molar-refractivity contribution is -0.970. The molecule has 0 unspecified atom stereocenters. The molecular formula is C58H56F12NO3+. The highest BCUT2D eigenvalue weighted by Crippen LogP contribution is 2.58. The molecular weight excluding hydrogens is 987 g/mol. The molecule has 2 aliphatic rings. The van der Waals surface area contributed by atoms with Crippen LogP contribution < -0.4 is 9.47 Å². The summed E-state index contributed by atoms with van der Waals surface area (Å²) in [5, 5.41) is 0. The van der Waals surface area contributed by atoms with Crippen molar-refractivity contribution in [3.63, 3.8) is 0 Å². The Balaban J connectivity index is 1.66. The van der Waals surface area contributed by atoms with E-state index in [1.54, 1.807) is 53.7 Å². The number of rotatable bonds is 8. The third-order valence-electron chi connectivity index (χ3n) is 14.7. The molecule has 0 amide bonds. The third-order valence-corrected chi connectivity index (χ3v) is 14.7. The first-order valence-corrected chi connectivity index (χ1v) is 23.9. The minimum Gasteiger partial charge on any atom is -0.496 e. The zero-order valence-corrected chi connectivity index (χ0v) is 42.2. The molecule has 8 rings (SSSR count). The molecule has 6 aromatic carbocycles. The van der Waals surface area contributed by atoms with Gasteiger partial charge in [0.1, 0.15) is 30.6 Å². The maximum absolute atomic E-state index is 15.0. The number of alkyl halides is 12. The fourth-order valence-corrected chi connectivity index (χ4v) is 11.5. The number of halogens is 12. The van der Waals surface area contributed by atoms with Crippen LogP contribution in [-0.2, 0) is 59.0 Å². The molecule has 6 aromatic rings. The lowest BCUT2D eigenvalue weighted by atomic mass is 9.76. The van der Waals surface area contributed by atoms with Crippen molar-refractivity contribution in [3.8, 4) is 44.9 Å². The number of hydrogen-bond acceptors (Lipinski definition) is 3. The van der Waals surface area contributed by atoms with E-state index in [4.69, 9.17) is 14.2 Å². The Morgan fingerprint density at radius 3 is 1.07 bits per heavy atom. The first-order chi connectivity index (χ1) is 34.3. The predicted molar refractivity (Wildman–Crippen MR) is 259 cm³/mol. The number of ether oxygens (including phenoxy) is 3. The van der Waals surface area contributed by atoms with Crippen LogP contribution in [0.3, 0.4) is 0 Å². The molecule has 0 radical (unpaired) electrons. The Kier molecular flexibility index (Phi) is 13.7. The predicted octanol–water partition coefficient (Wildman–Crippen LogP) is 17.0. The molecule has 16 heteroatoms. The molecule has 74 heavy (non-hydrogen) atoms. The van der Waals surface area contributed by atoms with E-state index in [9.17, 15) is 52.7 Å². The second-order valence-electron chi connectivity index (χ2n) is 21.4. The molecule has 4 nitrogen and oxygen atoms in total. The van der Waals surface area contributed by atoms with Crippen molar-refractivity contribution in [1.82, 2.24) is 0 Å². The van der Waals surface area contributed by atoms with Crippen molar-refractivity contribution in [1.29, 1.82) is 0 Å². The van der Waals surface area contributed by atoms with Crippen LogP contribution in [0.4, 0.5) is 52.7 Å². The smallest absolute Gasteiger partial charge is 0.416 e. The van der Waals surface area contributed by atoms with Crippen molar-refractivity contribution in [2.45, 2.75) is 115 Å². The highest BCUT2D eigenvalue weighted by molar-refractivity contribution is 5.91. The van der Waals surface area contributed by atoms with Gasteiger partial charge in [0.25, 0.3) is 0 Å². The summed E-state index contributed by atoms with van der Waals surface area (Å²) < 4.78 is 199. The fraction of sp³-hybridized carbons (Fsp3) is 0.379. The molecule has 0 saturated carbocycles. The number of methoxy groups -OCH3 is 3. The van der Waals surface area contributed by atoms with Crippen LogP contribution in [0.25, 0.3) is 33.4 Å². The van der Waals surface area contributed by atoms with E-state index in [1.807, 2.05) is 60.7 Å². The van der Waals surface area contributed by atoms with Gasteiger partial charge < -0.3 is 18.7 Å². The standard InChI is InChI=1S/C58H56F12NO3/c1-52(2,3)45-29-41-42-30-46(53(4,5)6)51(73-8)49(34-25-39(57(65,66)67)28-40(26-34)58(68,69)70)44(42)32-71(22-16-21-47(71)54(74-9,35-17-12-10-13-18-35)36-19-14-11-15-20-36)31-43(41)48(50(45)72-7)33-23-37(55(59,60)61)27-38(24-33)56(62,63)64/h10-15,17-20,23-30,47H,16,21-22,31-32H2,1-9H3/q+1/t47-/m0/s1. The van der Waals surface area contributed by atoms with Crippen LogP contribution in [0.2, 0.25) is 0 Å². The molecule has 0 aliphatic carbocycles. The van der Waals surface area contributed by atoms with Crippen molar-refractivity contribution < 1.29 is 71.4 Å². The van der Waals surface area contributed by atoms with Crippen LogP contribution in [-0.4, -0.2) is 38.4 Å². The van der Waals surface area contributed by atoms with Gasteiger partial charge in [-0.05, 0) is 92.7 Å². The van der Waals surface area contributed by atoms with E-state index >= 15 is 0 Å². The largest absolute Gasteiger partial charge is 0.496 e. The van der Waals surface area contributed by atoms with Crippen LogP contribution in [0.1, 0.15) is 110 Å². The number of hydrogen-bond donors (Lipinski definition) is 0. The molecule has 0 bridgehead atoms. The average Bonchev–Trinajstić information content (AvgIpc) is 3.66. The summed E-state index contributed by atoms with van der Waals surface area (Å²) >= 11 is 0. The van der Waals surface area contributed by atoms with Crippen molar-refractivity contribution >= 4 is 0 Å². The van der Waals surface area contributed by atoms with Crippen LogP contribution in [0.5, 0.6) is 11.5 Å². The molecule has 1 fully saturated rings. The molecule has 2 heterocycles. The summed E-state index contributed by atoms with van der Waals surface area (Å²) in [6, 6.07) is 24.0. The van der Waals surface area contributed by atoms with E-state index in [0.29, 0.717) is 59.4 Å². The zero-order valence-electron chi connectivity index (χ0n) is 42.2. The van der Waals surface area contributed by atoms with Crippen LogP contribution in [0, 0.1) is 0 Å². The number of nitrogens with zero attached hydrogens (tertiary/aromatic N) is 1. The third kappa shape index (κ3) is 9.65. The maximum Gasteiger partial charge on any atom is 0.416 e. The summed E-state index contributed by atoms with van der Waals surface area (Å²) in [6.45, 7) is 10.7. The van der Waals surface area contributed by atoms with E-state index in [-0.39, 0.29) is 81.1 Å². The second kappa shape index (κ2) is 18.7. The molecule has 1 atom stereocenters. The van der Waals surface area contributed by atoms with Gasteiger partial charge in [0.15, 0.2) is 5.60 Å². The van der Waals surface area contributed by atoms with E-state index in [2.05, 4.69) is 0 Å². The van der Waals surface area contributed by atoms with Gasteiger partial charge in [-0.3, -0.25) is 0 Å². The zero-order chi connectivity index (χ0) is 54.4. The van der Waals surface area contributed by atoms with Gasteiger partial charge in [0, 0.05) is 53.3 Å². The molecule has 394 valence electrons. The van der Waals surface area contributed by atoms with Gasteiger partial charge in [-0.25, -0.2) is 0 Å². The molecule has 1 saturated heterocycles. The van der Waals surface area contributed by atoms with Gasteiger partial charge in [-0.15, -0.1) is 0 Å². The van der Waals surface area contributed by atoms with Crippen LogP contribution in [0.15, 0.2) is 109 Å². The van der Waals surface area contributed by atoms with E-state index in [1.165, 1.54) is 21.3 Å². The Labute approximate surface area is 422 Å². The van der Waals surface area contributed by atoms with E-state index < -0.39 is 80.6 Å². The van der Waals surface area contributed by atoms with E-state index in [0.717, 1.165) is 0 Å². The minimum absolute atomic E-state index is 0.0114. The Bertz CT molecular complexity index is 2810. The van der Waals surface area contributed by atoms with Gasteiger partial charge in [0.05, 0.1) is 43.0 Å². The number of fused-ring (bicyclic) bond motifs is 3. The first kappa shape index (κ1) is 54.3. The fourth-order valence-electron chi connectivity index (χ4n) is 11.5. The topological polar surface area (TPSA) is 27.7 Å². The average molecular weight is 1040 g/mol. The highest BCUT2D eigenvalue weighted by atomic mass is 19.4. The van der Waals surface area contributed by atoms with Crippen molar-refractivity contribution in [2.75, 3.05) is 27.9 Å². The summed E-state index contributed by atoms with van der Waals surface area (Å²) in [6.07, 6.45) is -20.1. The Morgan fingerprint density at radius 2 is 0.784 bits per heavy atom. The maximum atomic E-state index is 15.0. The SMILES string of the molecule is COc1c(C(C)(C)C)cc2c(c1-c1cc(C(F)(F)F)cc(C(F)(F)F)c1)C[N+]1(CCC[C@H]1C(OC)(c1ccccc1)c1ccccc1)Cc1c-2cc(C(C)(C)C)c(OC)c1-c1cc(C(F)(F)F)cc(C(F)(F)F)c1. The minimum atomic E-state index is -5.25. The molecule has 2 aliphatic heterocycles. The number of quaternary nitrogens is 1. The summed E-state index contributed by atoms with van der Waals surface area (Å²) in [5.74, 6) is -0.0229. The first-order valence-electron chi connectivity index (χ1n) is 23.9. The van der Waals surface area contributed by atoms with Gasteiger partial charge >= 0.3 is 24.7 Å². The van der Waals surface area contributed by atoms with Gasteiger partial charge in [0.2, 0.25) is 0 Å². The Hall–Kier alpha value is -6.00. The summed E-state index contributed by atoms with van der Waals surface area (Å²) in [5.41, 5.74) is -7.53. The Morgan fingerprint density at radius 1 is 0.446 bits per heavy atom. The number of benzene rings is 6. The van der Waals surface area contributed by atoms with Crippen molar-refractivity contribution in [3.05, 3.63) is 165 Å². The summed E-state index contributed by atoms with van der Waals surface area (Å²) in [7, 11) is 4.09. The second-order valence-corrected chi connectivity index (χ2v) is 21.4. The monoisotopic (exact) mass is 1040 g/mol. The van der Waals surface area contributed by atoms with Crippen molar-refractivity contribution in [2.24, 2.45) is 0 Å². The highest BCUT2D eigenvalue weighted by Gasteiger charge is 2.58. The lowest BCUT2D eigenvalue weighted by Gasteiger charge is -2.49. The molecule has 1 spiro atoms. The van der Waals surface area contributed by atoms with Gasteiger partial charge in [-0.1, -0.05) is 102 Å². The quantitative estimate of drug-likeness (QED) is 0.112.